The van der Waals surface area contributed by atoms with Gasteiger partial charge in [-0.1, -0.05) is 140 Å². The minimum Gasteiger partial charge on any atom is -0.337 e. The lowest BCUT2D eigenvalue weighted by atomic mass is 9.81. The summed E-state index contributed by atoms with van der Waals surface area (Å²) in [5.74, 6) is 2.36. The molecule has 292 valence electrons. The van der Waals surface area contributed by atoms with Crippen molar-refractivity contribution in [2.24, 2.45) is 17.8 Å². The summed E-state index contributed by atoms with van der Waals surface area (Å²) in [6, 6.07) is 20.1. The monoisotopic (exact) mass is 794 g/mol. The molecule has 0 fully saturated rings. The summed E-state index contributed by atoms with van der Waals surface area (Å²) in [5, 5.41) is 3.75. The van der Waals surface area contributed by atoms with Crippen LogP contribution in [0.25, 0.3) is 47.8 Å². The van der Waals surface area contributed by atoms with Crippen molar-refractivity contribution in [2.45, 2.75) is 56.9 Å². The average molecular weight is 795 g/mol. The van der Waals surface area contributed by atoms with Crippen LogP contribution in [0.1, 0.15) is 73.8 Å². The van der Waals surface area contributed by atoms with E-state index in [0.717, 1.165) is 73.4 Å². The average Bonchev–Trinajstić information content (AvgIpc) is 3.88. The zero-order valence-electron chi connectivity index (χ0n) is 33.6. The predicted molar refractivity (Wildman–Crippen MR) is 251 cm³/mol. The molecule has 3 aromatic heterocycles. The van der Waals surface area contributed by atoms with Crippen LogP contribution in [0.5, 0.6) is 0 Å². The van der Waals surface area contributed by atoms with E-state index in [4.69, 9.17) is 15.0 Å². The molecule has 12 rings (SSSR count). The number of benzene rings is 2. The number of pyridine rings is 1. The normalized spacial score (nSPS) is 25.5. The second kappa shape index (κ2) is 14.8. The highest BCUT2D eigenvalue weighted by atomic mass is 32.1. The molecule has 2 aromatic carbocycles. The summed E-state index contributed by atoms with van der Waals surface area (Å²) in [7, 11) is 0. The fourth-order valence-electron chi connectivity index (χ4n) is 10.7. The van der Waals surface area contributed by atoms with Crippen molar-refractivity contribution >= 4 is 59.1 Å². The van der Waals surface area contributed by atoms with E-state index in [2.05, 4.69) is 169 Å². The highest BCUT2D eigenvalue weighted by Crippen LogP contribution is 2.47. The van der Waals surface area contributed by atoms with E-state index in [1.807, 2.05) is 11.3 Å². The van der Waals surface area contributed by atoms with Crippen LogP contribution in [0, 0.1) is 17.8 Å². The van der Waals surface area contributed by atoms with Gasteiger partial charge in [0.05, 0.1) is 33.3 Å². The van der Waals surface area contributed by atoms with Gasteiger partial charge in [-0.3, -0.25) is 0 Å². The van der Waals surface area contributed by atoms with E-state index in [1.54, 1.807) is 5.57 Å². The number of allylic oxidation sites excluding steroid dienone is 20. The van der Waals surface area contributed by atoms with E-state index >= 15 is 0 Å². The van der Waals surface area contributed by atoms with Gasteiger partial charge in [0.1, 0.15) is 0 Å². The maximum Gasteiger partial charge on any atom is 0.156 e. The molecule has 5 atom stereocenters. The Bertz CT molecular complexity index is 3000. The van der Waals surface area contributed by atoms with Gasteiger partial charge in [0.2, 0.25) is 0 Å². The third kappa shape index (κ3) is 6.13. The molecule has 0 spiro atoms. The van der Waals surface area contributed by atoms with Crippen molar-refractivity contribution in [3.8, 4) is 0 Å². The number of rotatable bonds is 6. The zero-order valence-corrected chi connectivity index (χ0v) is 34.4. The summed E-state index contributed by atoms with van der Waals surface area (Å²) >= 11 is 1.85. The third-order valence-corrected chi connectivity index (χ3v) is 14.9. The zero-order chi connectivity index (χ0) is 39.6. The Kier molecular flexibility index (Phi) is 8.83. The quantitative estimate of drug-likeness (QED) is 0.172. The van der Waals surface area contributed by atoms with Gasteiger partial charge in [-0.05, 0) is 103 Å². The maximum absolute atomic E-state index is 5.50. The third-order valence-electron chi connectivity index (χ3n) is 13.7. The van der Waals surface area contributed by atoms with Crippen LogP contribution >= 0.6 is 11.3 Å². The Morgan fingerprint density at radius 1 is 0.650 bits per heavy atom. The van der Waals surface area contributed by atoms with Crippen LogP contribution < -0.4 is 0 Å². The molecule has 0 saturated heterocycles. The minimum atomic E-state index is 0.115. The Balaban J connectivity index is 0.930. The molecule has 4 nitrogen and oxygen atoms in total. The fourth-order valence-corrected chi connectivity index (χ4v) is 11.9. The first-order valence-electron chi connectivity index (χ1n) is 21.9. The van der Waals surface area contributed by atoms with Gasteiger partial charge in [0.15, 0.2) is 5.82 Å². The molecule has 5 heteroatoms. The number of aromatic nitrogens is 3. The van der Waals surface area contributed by atoms with Crippen molar-refractivity contribution < 1.29 is 0 Å². The minimum absolute atomic E-state index is 0.115. The summed E-state index contributed by atoms with van der Waals surface area (Å²) in [6.07, 6.45) is 48.7. The second-order valence-corrected chi connectivity index (χ2v) is 18.2. The standard InChI is InChI=1S/C55H46N4S/c1-2-14-35(15-3-1)37-16-12-17-38(32-37)47-34-48(57-55(56-47)36-28-30-41(31-29-36)59-49-25-9-6-20-42(49)43-21-7-10-26-50(43)59)39-18-13-19-40(33-39)52-44-22-4-5-23-45(44)54-53(58-52)46-24-8-11-27-51(46)60-54/h1-6,8-14,17-20,22-28,30,32,34-35,37,40,42,49H,7,15-16,21,29,31,33H2. The lowest BCUT2D eigenvalue weighted by Crippen LogP contribution is -2.32. The van der Waals surface area contributed by atoms with Gasteiger partial charge in [0, 0.05) is 44.1 Å². The Morgan fingerprint density at radius 2 is 1.50 bits per heavy atom. The van der Waals surface area contributed by atoms with Crippen LogP contribution in [0.15, 0.2) is 181 Å². The van der Waals surface area contributed by atoms with E-state index in [0.29, 0.717) is 23.8 Å². The van der Waals surface area contributed by atoms with E-state index in [-0.39, 0.29) is 5.92 Å². The fraction of sp³-hybridized carbons (Fsp3) is 0.218. The van der Waals surface area contributed by atoms with Crippen molar-refractivity contribution in [3.05, 3.63) is 204 Å². The molecule has 6 aliphatic carbocycles. The molecular weight excluding hydrogens is 749 g/mol. The lowest BCUT2D eigenvalue weighted by molar-refractivity contribution is 0.359. The summed E-state index contributed by atoms with van der Waals surface area (Å²) in [4.78, 5) is 19.0. The Hall–Kier alpha value is -6.17. The van der Waals surface area contributed by atoms with E-state index in [9.17, 15) is 0 Å². The number of nitrogens with zero attached hydrogens (tertiary/aromatic N) is 4. The van der Waals surface area contributed by atoms with Gasteiger partial charge >= 0.3 is 0 Å². The van der Waals surface area contributed by atoms with Crippen LogP contribution in [-0.4, -0.2) is 25.9 Å². The molecule has 0 amide bonds. The first-order chi connectivity index (χ1) is 29.7. The van der Waals surface area contributed by atoms with Crippen molar-refractivity contribution in [3.63, 3.8) is 0 Å². The van der Waals surface area contributed by atoms with Crippen molar-refractivity contribution in [1.82, 2.24) is 19.9 Å². The molecule has 5 unspecified atom stereocenters. The van der Waals surface area contributed by atoms with Crippen LogP contribution in [0.4, 0.5) is 0 Å². The van der Waals surface area contributed by atoms with E-state index < -0.39 is 0 Å². The molecule has 7 aliphatic rings. The van der Waals surface area contributed by atoms with Gasteiger partial charge < -0.3 is 4.90 Å². The number of hydrogen-bond acceptors (Lipinski definition) is 5. The Morgan fingerprint density at radius 3 is 2.40 bits per heavy atom. The van der Waals surface area contributed by atoms with Crippen LogP contribution in [-0.2, 0) is 0 Å². The van der Waals surface area contributed by atoms with Crippen LogP contribution in [0.2, 0.25) is 0 Å². The topological polar surface area (TPSA) is 41.9 Å². The molecule has 1 aliphatic heterocycles. The lowest BCUT2D eigenvalue weighted by Gasteiger charge is -2.33. The molecule has 60 heavy (non-hydrogen) atoms. The largest absolute Gasteiger partial charge is 0.337 e. The number of fused-ring (bicyclic) bond motifs is 7. The van der Waals surface area contributed by atoms with Gasteiger partial charge in [-0.2, -0.15) is 0 Å². The first-order valence-corrected chi connectivity index (χ1v) is 22.7. The molecule has 0 bridgehead atoms. The predicted octanol–water partition coefficient (Wildman–Crippen LogP) is 13.7. The molecule has 0 saturated carbocycles. The molecule has 0 radical (unpaired) electrons. The number of hydrogen-bond donors (Lipinski definition) is 0. The van der Waals surface area contributed by atoms with Crippen molar-refractivity contribution in [1.29, 1.82) is 0 Å². The SMILES string of the molecule is C1=CCC(C2C=C(c3cc(C4=CC=CC(c5nc6c7ccccc7sc6c6ccccc56)C4)nc(C4=CC=C(N5C6=C(CCC=C6)C6C=CC=CC65)CC4)n3)C=CC2)C=C1. The van der Waals surface area contributed by atoms with Crippen molar-refractivity contribution in [2.75, 3.05) is 0 Å². The first kappa shape index (κ1) is 35.7. The number of thiophene rings is 1. The van der Waals surface area contributed by atoms with Gasteiger partial charge in [0.25, 0.3) is 0 Å². The van der Waals surface area contributed by atoms with Gasteiger partial charge in [-0.25, -0.2) is 15.0 Å². The Labute approximate surface area is 355 Å². The van der Waals surface area contributed by atoms with Crippen LogP contribution in [0.3, 0.4) is 0 Å². The summed E-state index contributed by atoms with van der Waals surface area (Å²) in [5.41, 5.74) is 12.3. The van der Waals surface area contributed by atoms with E-state index in [1.165, 1.54) is 53.7 Å². The summed E-state index contributed by atoms with van der Waals surface area (Å²) in [6.45, 7) is 0. The molecule has 0 N–H and O–H groups in total. The van der Waals surface area contributed by atoms with Gasteiger partial charge in [-0.15, -0.1) is 11.3 Å². The second-order valence-electron chi connectivity index (χ2n) is 17.2. The summed E-state index contributed by atoms with van der Waals surface area (Å²) < 4.78 is 2.55. The highest BCUT2D eigenvalue weighted by Gasteiger charge is 2.40. The molecule has 5 aromatic rings. The molecular formula is C55H46N4S. The maximum atomic E-state index is 5.50. The highest BCUT2D eigenvalue weighted by molar-refractivity contribution is 7.26. The smallest absolute Gasteiger partial charge is 0.156 e. The molecule has 4 heterocycles.